The van der Waals surface area contributed by atoms with Gasteiger partial charge in [-0.1, -0.05) is 35.9 Å². The lowest BCUT2D eigenvalue weighted by Gasteiger charge is -2.18. The number of amides is 2. The van der Waals surface area contributed by atoms with Crippen molar-refractivity contribution in [2.24, 2.45) is 0 Å². The molecule has 6 nitrogen and oxygen atoms in total. The molecule has 0 aliphatic carbocycles. The van der Waals surface area contributed by atoms with Gasteiger partial charge in [-0.2, -0.15) is 5.10 Å². The topological polar surface area (TPSA) is 67.2 Å². The lowest BCUT2D eigenvalue weighted by atomic mass is 10.1. The number of aryl methyl sites for hydroxylation is 1. The van der Waals surface area contributed by atoms with Crippen LogP contribution in [-0.2, 0) is 11.3 Å². The van der Waals surface area contributed by atoms with Gasteiger partial charge in [0.25, 0.3) is 5.91 Å². The van der Waals surface area contributed by atoms with E-state index in [4.69, 9.17) is 11.6 Å². The van der Waals surface area contributed by atoms with Crippen molar-refractivity contribution in [3.63, 3.8) is 0 Å². The summed E-state index contributed by atoms with van der Waals surface area (Å²) in [5.74, 6) is -0.330. The number of carbonyl (C=O) groups is 2. The van der Waals surface area contributed by atoms with Gasteiger partial charge in [-0.3, -0.25) is 14.3 Å². The molecular weight excluding hydrogens is 436 g/mol. The van der Waals surface area contributed by atoms with Crippen LogP contribution in [0, 0.1) is 13.8 Å². The van der Waals surface area contributed by atoms with E-state index in [-0.39, 0.29) is 11.8 Å². The van der Waals surface area contributed by atoms with E-state index in [1.165, 1.54) is 6.08 Å². The molecule has 3 rings (SSSR count). The Morgan fingerprint density at radius 3 is 2.52 bits per heavy atom. The molecule has 0 saturated heterocycles. The number of aromatic nitrogens is 2. The highest BCUT2D eigenvalue weighted by atomic mass is 35.5. The van der Waals surface area contributed by atoms with Gasteiger partial charge in [0.2, 0.25) is 5.91 Å². The molecule has 33 heavy (non-hydrogen) atoms. The molecule has 1 heterocycles. The van der Waals surface area contributed by atoms with Crippen LogP contribution >= 0.6 is 11.6 Å². The van der Waals surface area contributed by atoms with Crippen molar-refractivity contribution in [1.82, 2.24) is 14.7 Å². The fraction of sp³-hybridized carbons (Fsp3) is 0.269. The highest BCUT2D eigenvalue weighted by molar-refractivity contribution is 6.31. The summed E-state index contributed by atoms with van der Waals surface area (Å²) in [6, 6.07) is 14.7. The molecule has 0 fully saturated rings. The van der Waals surface area contributed by atoms with Gasteiger partial charge in [0, 0.05) is 46.7 Å². The van der Waals surface area contributed by atoms with E-state index in [9.17, 15) is 9.59 Å². The van der Waals surface area contributed by atoms with Crippen molar-refractivity contribution in [2.75, 3.05) is 18.4 Å². The second-order valence-electron chi connectivity index (χ2n) is 7.71. The van der Waals surface area contributed by atoms with Crippen molar-refractivity contribution >= 4 is 35.2 Å². The number of anilines is 1. The summed E-state index contributed by atoms with van der Waals surface area (Å²) in [5.41, 5.74) is 4.78. The Balaban J connectivity index is 1.71. The molecule has 0 aliphatic rings. The maximum Gasteiger partial charge on any atom is 0.253 e. The second kappa shape index (κ2) is 11.0. The van der Waals surface area contributed by atoms with E-state index in [1.54, 1.807) is 35.2 Å². The average molecular weight is 465 g/mol. The molecule has 0 spiro atoms. The SMILES string of the molecule is CCN(CC)C(=O)c1cccc(NC(=O)/C=C/c2c(C)nn(Cc3ccccc3Cl)c2C)c1. The summed E-state index contributed by atoms with van der Waals surface area (Å²) in [7, 11) is 0. The van der Waals surface area contributed by atoms with E-state index in [1.807, 2.05) is 56.6 Å². The third-order valence-electron chi connectivity index (χ3n) is 5.54. The Morgan fingerprint density at radius 1 is 1.09 bits per heavy atom. The zero-order chi connectivity index (χ0) is 24.0. The summed E-state index contributed by atoms with van der Waals surface area (Å²) >= 11 is 6.29. The number of benzene rings is 2. The van der Waals surface area contributed by atoms with Crippen molar-refractivity contribution in [2.45, 2.75) is 34.2 Å². The van der Waals surface area contributed by atoms with Gasteiger partial charge < -0.3 is 10.2 Å². The Bertz CT molecular complexity index is 1180. The molecule has 3 aromatic rings. The number of halogens is 1. The van der Waals surface area contributed by atoms with Crippen molar-refractivity contribution < 1.29 is 9.59 Å². The van der Waals surface area contributed by atoms with Crippen LogP contribution in [-0.4, -0.2) is 39.6 Å². The fourth-order valence-electron chi connectivity index (χ4n) is 3.66. The van der Waals surface area contributed by atoms with E-state index >= 15 is 0 Å². The third kappa shape index (κ3) is 5.90. The Kier molecular flexibility index (Phi) is 8.06. The van der Waals surface area contributed by atoms with Gasteiger partial charge >= 0.3 is 0 Å². The average Bonchev–Trinajstić information content (AvgIpc) is 3.07. The van der Waals surface area contributed by atoms with Gasteiger partial charge in [-0.15, -0.1) is 0 Å². The number of nitrogens with one attached hydrogen (secondary N) is 1. The summed E-state index contributed by atoms with van der Waals surface area (Å²) in [6.45, 7) is 9.60. The number of rotatable bonds is 8. The lowest BCUT2D eigenvalue weighted by molar-refractivity contribution is -0.111. The van der Waals surface area contributed by atoms with Gasteiger partial charge in [0.15, 0.2) is 0 Å². The molecule has 1 aromatic heterocycles. The number of hydrogen-bond donors (Lipinski definition) is 1. The first-order chi connectivity index (χ1) is 15.8. The monoisotopic (exact) mass is 464 g/mol. The Morgan fingerprint density at radius 2 is 1.82 bits per heavy atom. The van der Waals surface area contributed by atoms with Crippen molar-refractivity contribution in [3.05, 3.63) is 87.7 Å². The van der Waals surface area contributed by atoms with E-state index in [0.717, 1.165) is 22.5 Å². The maximum absolute atomic E-state index is 12.6. The second-order valence-corrected chi connectivity index (χ2v) is 8.12. The maximum atomic E-state index is 12.6. The summed E-state index contributed by atoms with van der Waals surface area (Å²) < 4.78 is 1.89. The summed E-state index contributed by atoms with van der Waals surface area (Å²) in [5, 5.41) is 8.14. The van der Waals surface area contributed by atoms with Gasteiger partial charge in [-0.05, 0) is 63.6 Å². The van der Waals surface area contributed by atoms with Crippen LogP contribution < -0.4 is 5.32 Å². The standard InChI is InChI=1S/C26H29ClN4O2/c1-5-30(6-2)26(33)20-11-9-12-22(16-20)28-25(32)15-14-23-18(3)29-31(19(23)4)17-21-10-7-8-13-24(21)27/h7-16H,5-6,17H2,1-4H3,(H,28,32)/b15-14+. The Labute approximate surface area is 199 Å². The van der Waals surface area contributed by atoms with Crippen LogP contribution in [0.1, 0.15) is 46.7 Å². The zero-order valence-corrected chi connectivity index (χ0v) is 20.2. The van der Waals surface area contributed by atoms with Crippen LogP contribution in [0.15, 0.2) is 54.6 Å². The van der Waals surface area contributed by atoms with Crippen molar-refractivity contribution in [3.8, 4) is 0 Å². The summed E-state index contributed by atoms with van der Waals surface area (Å²) in [6.07, 6.45) is 3.25. The molecule has 2 aromatic carbocycles. The number of carbonyl (C=O) groups excluding carboxylic acids is 2. The third-order valence-corrected chi connectivity index (χ3v) is 5.91. The zero-order valence-electron chi connectivity index (χ0n) is 19.4. The van der Waals surface area contributed by atoms with Crippen LogP contribution in [0.5, 0.6) is 0 Å². The Hall–Kier alpha value is -3.38. The van der Waals surface area contributed by atoms with Crippen LogP contribution in [0.3, 0.4) is 0 Å². The smallest absolute Gasteiger partial charge is 0.253 e. The van der Waals surface area contributed by atoms with Crippen LogP contribution in [0.25, 0.3) is 6.08 Å². The highest BCUT2D eigenvalue weighted by Crippen LogP contribution is 2.20. The summed E-state index contributed by atoms with van der Waals surface area (Å²) in [4.78, 5) is 26.8. The molecule has 0 radical (unpaired) electrons. The molecule has 172 valence electrons. The molecule has 0 aliphatic heterocycles. The predicted molar refractivity (Wildman–Crippen MR) is 134 cm³/mol. The van der Waals surface area contributed by atoms with Gasteiger partial charge in [0.1, 0.15) is 0 Å². The molecule has 0 atom stereocenters. The fourth-order valence-corrected chi connectivity index (χ4v) is 3.86. The molecule has 2 amide bonds. The molecular formula is C26H29ClN4O2. The van der Waals surface area contributed by atoms with E-state index < -0.39 is 0 Å². The van der Waals surface area contributed by atoms with E-state index in [0.29, 0.717) is 35.9 Å². The first-order valence-corrected chi connectivity index (χ1v) is 11.4. The lowest BCUT2D eigenvalue weighted by Crippen LogP contribution is -2.30. The largest absolute Gasteiger partial charge is 0.339 e. The van der Waals surface area contributed by atoms with Crippen LogP contribution in [0.2, 0.25) is 5.02 Å². The van der Waals surface area contributed by atoms with Gasteiger partial charge in [-0.25, -0.2) is 0 Å². The molecule has 0 unspecified atom stereocenters. The normalized spacial score (nSPS) is 11.1. The van der Waals surface area contributed by atoms with Crippen LogP contribution in [0.4, 0.5) is 5.69 Å². The predicted octanol–water partition coefficient (Wildman–Crippen LogP) is 5.34. The molecule has 7 heteroatoms. The number of hydrogen-bond acceptors (Lipinski definition) is 3. The minimum absolute atomic E-state index is 0.0520. The quantitative estimate of drug-likeness (QED) is 0.458. The minimum Gasteiger partial charge on any atom is -0.339 e. The first-order valence-electron chi connectivity index (χ1n) is 11.0. The highest BCUT2D eigenvalue weighted by Gasteiger charge is 2.14. The minimum atomic E-state index is -0.278. The van der Waals surface area contributed by atoms with Gasteiger partial charge in [0.05, 0.1) is 12.2 Å². The molecule has 0 saturated carbocycles. The molecule has 1 N–H and O–H groups in total. The number of nitrogens with zero attached hydrogens (tertiary/aromatic N) is 3. The first kappa shape index (κ1) is 24.3. The van der Waals surface area contributed by atoms with Crippen molar-refractivity contribution in [1.29, 1.82) is 0 Å². The molecule has 0 bridgehead atoms. The van der Waals surface area contributed by atoms with E-state index in [2.05, 4.69) is 10.4 Å².